The molecule has 16 nitrogen and oxygen atoms in total. The van der Waals surface area contributed by atoms with E-state index < -0.39 is 17.8 Å². The second kappa shape index (κ2) is 16.7. The van der Waals surface area contributed by atoms with Crippen molar-refractivity contribution in [3.05, 3.63) is 83.5 Å². The summed E-state index contributed by atoms with van der Waals surface area (Å²) in [4.78, 5) is 57.4. The number of H-pyrrole nitrogens is 1. The van der Waals surface area contributed by atoms with Gasteiger partial charge in [-0.25, -0.2) is 19.2 Å². The SMILES string of the molecule is COc1cc2c(cc1NCCNCC1CCN(c3ccc(N4CCC(=O)NC4=O)cc3)CC1)[nH]c1ncnc(-c3cc(C)c([C@@H](C)NC(=O)c4nc(C5(C)CC5)no4)cc3F)c12. The molecule has 5 heterocycles. The quantitative estimate of drug-likeness (QED) is 0.0746. The third-order valence-corrected chi connectivity index (χ3v) is 12.5. The Labute approximate surface area is 357 Å². The first kappa shape index (κ1) is 40.8. The first-order valence-electron chi connectivity index (χ1n) is 21.2. The van der Waals surface area contributed by atoms with Crippen LogP contribution in [0.5, 0.6) is 5.75 Å². The normalized spacial score (nSPS) is 17.0. The Bertz CT molecular complexity index is 2670. The Morgan fingerprint density at radius 2 is 1.82 bits per heavy atom. The number of carbonyl (C=O) groups excluding carboxylic acids is 3. The fourth-order valence-corrected chi connectivity index (χ4v) is 8.56. The van der Waals surface area contributed by atoms with Crippen LogP contribution < -0.4 is 35.8 Å². The van der Waals surface area contributed by atoms with Crippen LogP contribution in [0.25, 0.3) is 33.2 Å². The van der Waals surface area contributed by atoms with Crippen LogP contribution in [0.15, 0.2) is 59.4 Å². The summed E-state index contributed by atoms with van der Waals surface area (Å²) in [6.45, 7) is 10.3. The first-order chi connectivity index (χ1) is 30.0. The lowest BCUT2D eigenvalue weighted by molar-refractivity contribution is -0.120. The minimum Gasteiger partial charge on any atom is -0.495 e. The molecule has 3 aliphatic rings. The highest BCUT2D eigenvalue weighted by molar-refractivity contribution is 6.13. The van der Waals surface area contributed by atoms with Gasteiger partial charge < -0.3 is 35.1 Å². The van der Waals surface area contributed by atoms with Gasteiger partial charge in [0.2, 0.25) is 5.91 Å². The topological polar surface area (TPSA) is 196 Å². The number of halogens is 1. The molecule has 6 aromatic rings. The number of hydrogen-bond donors (Lipinski definition) is 5. The molecule has 1 aliphatic carbocycles. The van der Waals surface area contributed by atoms with E-state index in [2.05, 4.69) is 51.3 Å². The molecule has 3 aromatic carbocycles. The van der Waals surface area contributed by atoms with Crippen molar-refractivity contribution >= 4 is 56.8 Å². The van der Waals surface area contributed by atoms with E-state index in [4.69, 9.17) is 9.26 Å². The first-order valence-corrected chi connectivity index (χ1v) is 21.2. The summed E-state index contributed by atoms with van der Waals surface area (Å²) in [5.41, 5.74) is 6.11. The van der Waals surface area contributed by atoms with Crippen LogP contribution in [-0.2, 0) is 10.2 Å². The van der Waals surface area contributed by atoms with Crippen LogP contribution in [0.4, 0.5) is 26.2 Å². The molecule has 62 heavy (non-hydrogen) atoms. The summed E-state index contributed by atoms with van der Waals surface area (Å²) in [6.07, 6.45) is 5.78. The summed E-state index contributed by atoms with van der Waals surface area (Å²) in [5.74, 6) is 0.389. The molecule has 5 N–H and O–H groups in total. The number of urea groups is 1. The minimum absolute atomic E-state index is 0.110. The molecule has 0 unspecified atom stereocenters. The van der Waals surface area contributed by atoms with Gasteiger partial charge in [0, 0.05) is 66.9 Å². The third-order valence-electron chi connectivity index (χ3n) is 12.5. The number of aryl methyl sites for hydroxylation is 1. The number of hydrogen-bond acceptors (Lipinski definition) is 12. The second-order valence-corrected chi connectivity index (χ2v) is 16.9. The van der Waals surface area contributed by atoms with E-state index in [1.165, 1.54) is 12.4 Å². The Kier molecular flexibility index (Phi) is 11.0. The van der Waals surface area contributed by atoms with Crippen molar-refractivity contribution in [1.82, 2.24) is 41.0 Å². The Morgan fingerprint density at radius 3 is 2.56 bits per heavy atom. The number of nitrogens with one attached hydrogen (secondary N) is 5. The smallest absolute Gasteiger partial charge is 0.328 e. The molecule has 3 aromatic heterocycles. The number of rotatable bonds is 14. The number of piperidine rings is 1. The lowest BCUT2D eigenvalue weighted by atomic mass is 9.96. The van der Waals surface area contributed by atoms with Crippen molar-refractivity contribution in [3.8, 4) is 17.0 Å². The summed E-state index contributed by atoms with van der Waals surface area (Å²) < 4.78 is 27.2. The maximum absolute atomic E-state index is 16.1. The molecule has 2 aliphatic heterocycles. The van der Waals surface area contributed by atoms with E-state index in [1.54, 1.807) is 25.0 Å². The monoisotopic (exact) mass is 843 g/mol. The molecule has 1 saturated carbocycles. The molecule has 0 spiro atoms. The van der Waals surface area contributed by atoms with E-state index in [9.17, 15) is 14.4 Å². The van der Waals surface area contributed by atoms with Crippen molar-refractivity contribution in [2.75, 3.05) is 61.5 Å². The summed E-state index contributed by atoms with van der Waals surface area (Å²) >= 11 is 0. The molecule has 322 valence electrons. The number of methoxy groups -OCH3 is 1. The molecule has 4 amide bonds. The van der Waals surface area contributed by atoms with Crippen molar-refractivity contribution in [2.24, 2.45) is 5.92 Å². The van der Waals surface area contributed by atoms with Gasteiger partial charge in [-0.15, -0.1) is 0 Å². The number of aromatic amines is 1. The zero-order valence-corrected chi connectivity index (χ0v) is 35.2. The van der Waals surface area contributed by atoms with Crippen molar-refractivity contribution < 1.29 is 28.0 Å². The van der Waals surface area contributed by atoms with Crippen LogP contribution >= 0.6 is 0 Å². The zero-order chi connectivity index (χ0) is 43.1. The Morgan fingerprint density at radius 1 is 1.05 bits per heavy atom. The molecule has 9 rings (SSSR count). The number of fused-ring (bicyclic) bond motifs is 3. The highest BCUT2D eigenvalue weighted by Gasteiger charge is 2.44. The van der Waals surface area contributed by atoms with Crippen molar-refractivity contribution in [1.29, 1.82) is 0 Å². The fraction of sp³-hybridized carbons (Fsp3) is 0.400. The number of aromatic nitrogens is 5. The number of ether oxygens (including phenoxy) is 1. The van der Waals surface area contributed by atoms with Gasteiger partial charge in [0.15, 0.2) is 5.82 Å². The maximum atomic E-state index is 16.1. The predicted octanol–water partition coefficient (Wildman–Crippen LogP) is 6.52. The third kappa shape index (κ3) is 8.11. The average Bonchev–Trinajstić information content (AvgIpc) is 3.63. The van der Waals surface area contributed by atoms with Gasteiger partial charge in [-0.2, -0.15) is 4.98 Å². The van der Waals surface area contributed by atoms with E-state index in [0.717, 1.165) is 85.4 Å². The number of anilines is 3. The minimum atomic E-state index is -0.537. The lowest BCUT2D eigenvalue weighted by Gasteiger charge is -2.34. The average molecular weight is 844 g/mol. The molecular weight excluding hydrogens is 794 g/mol. The molecular formula is C45H50FN11O5. The standard InChI is InChI=1S/C45H50FN11O5/c1-25-19-31(33(46)20-30(25)26(2)51-41(59)42-54-43(55-62-42)45(3)12-13-45)39-38-32-21-36(61-4)35(22-34(32)52-40(38)50-24-49-39)48-15-14-47-23-27-9-16-56(17-10-27)28-5-7-29(8-6-28)57-18-11-37(58)53-44(57)60/h5-8,19-22,24,26-27,47-48H,9-18,23H2,1-4H3,(H,51,59)(H,49,50,52)(H,53,58,60)/t26-/m1/s1. The van der Waals surface area contributed by atoms with Gasteiger partial charge in [-0.05, 0) is 112 Å². The molecule has 3 fully saturated rings. The van der Waals surface area contributed by atoms with Crippen LogP contribution in [0.1, 0.15) is 79.6 Å². The molecule has 2 saturated heterocycles. The summed E-state index contributed by atoms with van der Waals surface area (Å²) in [6, 6.07) is 14.2. The van der Waals surface area contributed by atoms with Gasteiger partial charge >= 0.3 is 17.8 Å². The molecule has 17 heteroatoms. The van der Waals surface area contributed by atoms with Gasteiger partial charge in [-0.3, -0.25) is 19.8 Å². The largest absolute Gasteiger partial charge is 0.495 e. The maximum Gasteiger partial charge on any atom is 0.328 e. The molecule has 1 atom stereocenters. The van der Waals surface area contributed by atoms with Gasteiger partial charge in [0.1, 0.15) is 23.5 Å². The number of carbonyl (C=O) groups is 3. The number of imide groups is 1. The second-order valence-electron chi connectivity index (χ2n) is 16.9. The van der Waals surface area contributed by atoms with E-state index in [0.29, 0.717) is 64.9 Å². The molecule has 0 radical (unpaired) electrons. The van der Waals surface area contributed by atoms with E-state index >= 15 is 4.39 Å². The van der Waals surface area contributed by atoms with Crippen LogP contribution in [0, 0.1) is 18.7 Å². The Hall–Kier alpha value is -6.62. The highest BCUT2D eigenvalue weighted by atomic mass is 19.1. The lowest BCUT2D eigenvalue weighted by Crippen LogP contribution is -2.49. The van der Waals surface area contributed by atoms with Crippen LogP contribution in [-0.4, -0.2) is 89.3 Å². The highest BCUT2D eigenvalue weighted by Crippen LogP contribution is 2.46. The van der Waals surface area contributed by atoms with Crippen LogP contribution in [0.2, 0.25) is 0 Å². The summed E-state index contributed by atoms with van der Waals surface area (Å²) in [7, 11) is 1.63. The zero-order valence-electron chi connectivity index (χ0n) is 35.2. The number of amides is 4. The summed E-state index contributed by atoms with van der Waals surface area (Å²) in [5, 5.41) is 17.8. The van der Waals surface area contributed by atoms with Gasteiger partial charge in [0.05, 0.1) is 35.4 Å². The van der Waals surface area contributed by atoms with Gasteiger partial charge in [-0.1, -0.05) is 12.1 Å². The van der Waals surface area contributed by atoms with Crippen molar-refractivity contribution in [3.63, 3.8) is 0 Å². The number of benzene rings is 3. The number of nitrogens with zero attached hydrogens (tertiary/aromatic N) is 6. The van der Waals surface area contributed by atoms with Crippen molar-refractivity contribution in [2.45, 2.75) is 64.3 Å². The fourth-order valence-electron chi connectivity index (χ4n) is 8.56. The van der Waals surface area contributed by atoms with Gasteiger partial charge in [0.25, 0.3) is 0 Å². The van der Waals surface area contributed by atoms with E-state index in [1.807, 2.05) is 50.2 Å². The van der Waals surface area contributed by atoms with E-state index in [-0.39, 0.29) is 23.2 Å². The predicted molar refractivity (Wildman–Crippen MR) is 233 cm³/mol. The molecule has 0 bridgehead atoms. The van der Waals surface area contributed by atoms with Crippen LogP contribution in [0.3, 0.4) is 0 Å². The Balaban J connectivity index is 0.804.